The Balaban J connectivity index is 1.61. The van der Waals surface area contributed by atoms with Crippen LogP contribution in [-0.4, -0.2) is 53.0 Å². The van der Waals surface area contributed by atoms with Gasteiger partial charge in [-0.15, -0.1) is 0 Å². The molecular formula is C26H32N2O6. The maximum absolute atomic E-state index is 12.6. The first-order valence-electron chi connectivity index (χ1n) is 11.6. The first kappa shape index (κ1) is 25.2. The van der Waals surface area contributed by atoms with Crippen molar-refractivity contribution in [2.24, 2.45) is 0 Å². The van der Waals surface area contributed by atoms with E-state index >= 15 is 0 Å². The molecule has 4 N–H and O–H groups in total. The summed E-state index contributed by atoms with van der Waals surface area (Å²) in [6, 6.07) is 14.2. The van der Waals surface area contributed by atoms with Crippen LogP contribution in [0.1, 0.15) is 56.6 Å². The van der Waals surface area contributed by atoms with E-state index in [1.165, 1.54) is 6.92 Å². The van der Waals surface area contributed by atoms with Crippen LogP contribution in [0.3, 0.4) is 0 Å². The molecule has 1 aliphatic carbocycles. The topological polar surface area (TPSA) is 125 Å². The number of aliphatic carboxylic acids is 1. The van der Waals surface area contributed by atoms with Crippen LogP contribution in [0, 0.1) is 0 Å². The third-order valence-corrected chi connectivity index (χ3v) is 6.07. The summed E-state index contributed by atoms with van der Waals surface area (Å²) in [5, 5.41) is 23.8. The van der Waals surface area contributed by atoms with Gasteiger partial charge in [0.05, 0.1) is 6.10 Å². The number of carbonyl (C=O) groups excluding carboxylic acids is 2. The summed E-state index contributed by atoms with van der Waals surface area (Å²) in [6.45, 7) is 3.45. The van der Waals surface area contributed by atoms with E-state index in [1.54, 1.807) is 0 Å². The second-order valence-corrected chi connectivity index (χ2v) is 8.64. The number of carboxylic acid groups (broad SMARTS) is 1. The molecule has 2 aromatic rings. The minimum Gasteiger partial charge on any atom is -0.480 e. The highest BCUT2D eigenvalue weighted by Gasteiger charge is 2.30. The van der Waals surface area contributed by atoms with Crippen molar-refractivity contribution >= 4 is 18.0 Å². The van der Waals surface area contributed by atoms with E-state index in [2.05, 4.69) is 22.8 Å². The minimum absolute atomic E-state index is 0.0714. The van der Waals surface area contributed by atoms with Crippen molar-refractivity contribution < 1.29 is 29.3 Å². The Morgan fingerprint density at radius 3 is 2.12 bits per heavy atom. The first-order valence-corrected chi connectivity index (χ1v) is 11.6. The maximum atomic E-state index is 12.6. The fraction of sp³-hybridized carbons (Fsp3) is 0.423. The smallest absolute Gasteiger partial charge is 0.407 e. The maximum Gasteiger partial charge on any atom is 0.407 e. The van der Waals surface area contributed by atoms with E-state index < -0.39 is 36.2 Å². The normalized spacial score (nSPS) is 14.9. The van der Waals surface area contributed by atoms with Gasteiger partial charge in [-0.2, -0.15) is 0 Å². The summed E-state index contributed by atoms with van der Waals surface area (Å²) in [5.74, 6) is -1.95. The van der Waals surface area contributed by atoms with Crippen molar-refractivity contribution in [3.63, 3.8) is 0 Å². The lowest BCUT2D eigenvalue weighted by atomic mass is 9.98. The van der Waals surface area contributed by atoms with Crippen LogP contribution >= 0.6 is 0 Å². The molecule has 1 aliphatic rings. The molecule has 3 rings (SSSR count). The number of aliphatic hydroxyl groups is 1. The van der Waals surface area contributed by atoms with Crippen molar-refractivity contribution in [1.82, 2.24) is 10.6 Å². The Labute approximate surface area is 199 Å². The van der Waals surface area contributed by atoms with Crippen LogP contribution in [0.5, 0.6) is 0 Å². The van der Waals surface area contributed by atoms with Crippen LogP contribution in [0.25, 0.3) is 11.1 Å². The van der Waals surface area contributed by atoms with E-state index in [0.29, 0.717) is 6.42 Å². The predicted octanol–water partition coefficient (Wildman–Crippen LogP) is 3.42. The first-order chi connectivity index (χ1) is 16.3. The number of hydrogen-bond acceptors (Lipinski definition) is 5. The predicted molar refractivity (Wildman–Crippen MR) is 127 cm³/mol. The zero-order valence-electron chi connectivity index (χ0n) is 19.5. The molecule has 0 radical (unpaired) electrons. The Morgan fingerprint density at radius 2 is 1.59 bits per heavy atom. The average Bonchev–Trinajstić information content (AvgIpc) is 3.13. The number of nitrogens with one attached hydrogen (secondary N) is 2. The number of rotatable bonds is 11. The second-order valence-electron chi connectivity index (χ2n) is 8.64. The zero-order chi connectivity index (χ0) is 24.7. The van der Waals surface area contributed by atoms with Crippen molar-refractivity contribution in [2.75, 3.05) is 6.61 Å². The monoisotopic (exact) mass is 468 g/mol. The van der Waals surface area contributed by atoms with E-state index in [9.17, 15) is 19.5 Å². The minimum atomic E-state index is -1.41. The number of fused-ring (bicyclic) bond motifs is 3. The van der Waals surface area contributed by atoms with Crippen molar-refractivity contribution in [3.05, 3.63) is 59.7 Å². The van der Waals surface area contributed by atoms with Gasteiger partial charge in [0.15, 0.2) is 6.04 Å². The quantitative estimate of drug-likeness (QED) is 0.400. The summed E-state index contributed by atoms with van der Waals surface area (Å²) in [6.07, 6.45) is 0.212. The zero-order valence-corrected chi connectivity index (χ0v) is 19.5. The molecule has 3 atom stereocenters. The summed E-state index contributed by atoms with van der Waals surface area (Å²) in [7, 11) is 0. The molecule has 8 nitrogen and oxygen atoms in total. The fourth-order valence-electron chi connectivity index (χ4n) is 4.33. The highest BCUT2D eigenvalue weighted by Crippen LogP contribution is 2.44. The van der Waals surface area contributed by atoms with Gasteiger partial charge in [-0.05, 0) is 35.6 Å². The van der Waals surface area contributed by atoms with Gasteiger partial charge in [0.2, 0.25) is 5.91 Å². The molecule has 0 bridgehead atoms. The third-order valence-electron chi connectivity index (χ3n) is 6.07. The number of amides is 2. The van der Waals surface area contributed by atoms with Gasteiger partial charge in [-0.3, -0.25) is 4.79 Å². The van der Waals surface area contributed by atoms with E-state index in [0.717, 1.165) is 35.1 Å². The number of carbonyl (C=O) groups is 3. The van der Waals surface area contributed by atoms with Crippen LogP contribution in [0.2, 0.25) is 0 Å². The van der Waals surface area contributed by atoms with Gasteiger partial charge in [0.25, 0.3) is 0 Å². The van der Waals surface area contributed by atoms with Crippen LogP contribution in [0.15, 0.2) is 48.5 Å². The van der Waals surface area contributed by atoms with E-state index in [-0.39, 0.29) is 18.9 Å². The molecule has 0 aliphatic heterocycles. The molecular weight excluding hydrogens is 436 g/mol. The molecule has 0 saturated carbocycles. The summed E-state index contributed by atoms with van der Waals surface area (Å²) in [5.41, 5.74) is 4.49. The van der Waals surface area contributed by atoms with Crippen molar-refractivity contribution in [2.45, 2.75) is 63.6 Å². The van der Waals surface area contributed by atoms with Gasteiger partial charge in [0, 0.05) is 18.4 Å². The molecule has 2 amide bonds. The van der Waals surface area contributed by atoms with Crippen molar-refractivity contribution in [1.29, 1.82) is 0 Å². The molecule has 0 fully saturated rings. The fourth-order valence-corrected chi connectivity index (χ4v) is 4.33. The van der Waals surface area contributed by atoms with E-state index in [1.807, 2.05) is 43.3 Å². The number of hydrogen-bond donors (Lipinski definition) is 4. The summed E-state index contributed by atoms with van der Waals surface area (Å²) < 4.78 is 5.57. The molecule has 34 heavy (non-hydrogen) atoms. The Kier molecular flexibility index (Phi) is 8.65. The lowest BCUT2D eigenvalue weighted by molar-refractivity contribution is -0.144. The molecule has 0 spiro atoms. The van der Waals surface area contributed by atoms with Crippen LogP contribution < -0.4 is 10.6 Å². The highest BCUT2D eigenvalue weighted by molar-refractivity contribution is 5.84. The van der Waals surface area contributed by atoms with Crippen molar-refractivity contribution in [3.8, 4) is 11.1 Å². The lowest BCUT2D eigenvalue weighted by Gasteiger charge is -2.22. The molecule has 0 saturated heterocycles. The summed E-state index contributed by atoms with van der Waals surface area (Å²) in [4.78, 5) is 36.2. The number of carboxylic acids is 1. The number of alkyl carbamates (subject to hydrolysis) is 1. The molecule has 182 valence electrons. The van der Waals surface area contributed by atoms with Gasteiger partial charge < -0.3 is 25.6 Å². The van der Waals surface area contributed by atoms with Gasteiger partial charge in [-0.25, -0.2) is 9.59 Å². The Bertz CT molecular complexity index is 976. The standard InChI is InChI=1S/C26H32N2O6/c1-3-4-9-17(14-23(30)28-24(16(2)29)25(31)32)27-26(33)34-15-22-20-12-7-5-10-18(20)19-11-6-8-13-21(19)22/h5-8,10-13,16-17,22,24,29H,3-4,9,14-15H2,1-2H3,(H,27,33)(H,28,30)(H,31,32)/t16-,17-,24+/m1/s1. The average molecular weight is 469 g/mol. The number of aliphatic hydroxyl groups excluding tert-OH is 1. The van der Waals surface area contributed by atoms with E-state index in [4.69, 9.17) is 9.84 Å². The molecule has 0 aromatic heterocycles. The van der Waals surface area contributed by atoms with Crippen LogP contribution in [0.4, 0.5) is 4.79 Å². The molecule has 0 unspecified atom stereocenters. The summed E-state index contributed by atoms with van der Waals surface area (Å²) >= 11 is 0. The SMILES string of the molecule is CCCC[C@H](CC(=O)N[C@H](C(=O)O)[C@@H](C)O)NC(=O)OCC1c2ccccc2-c2ccccc21. The number of unbranched alkanes of at least 4 members (excludes halogenated alkanes) is 1. The van der Waals surface area contributed by atoms with Gasteiger partial charge in [0.1, 0.15) is 6.61 Å². The Morgan fingerprint density at radius 1 is 1.00 bits per heavy atom. The number of benzene rings is 2. The second kappa shape index (κ2) is 11.7. The lowest BCUT2D eigenvalue weighted by Crippen LogP contribution is -2.49. The largest absolute Gasteiger partial charge is 0.480 e. The highest BCUT2D eigenvalue weighted by atomic mass is 16.5. The number of ether oxygens (including phenoxy) is 1. The molecule has 2 aromatic carbocycles. The van der Waals surface area contributed by atoms with Crippen LogP contribution in [-0.2, 0) is 14.3 Å². The van der Waals surface area contributed by atoms with Gasteiger partial charge >= 0.3 is 12.1 Å². The molecule has 0 heterocycles. The van der Waals surface area contributed by atoms with Gasteiger partial charge in [-0.1, -0.05) is 68.3 Å². The molecule has 8 heteroatoms. The third kappa shape index (κ3) is 6.14. The Hall–Kier alpha value is -3.39.